The van der Waals surface area contributed by atoms with Gasteiger partial charge in [-0.2, -0.15) is 0 Å². The summed E-state index contributed by atoms with van der Waals surface area (Å²) < 4.78 is 5.41. The van der Waals surface area contributed by atoms with Gasteiger partial charge in [-0.05, 0) is 25.0 Å². The molecule has 0 bridgehead atoms. The van der Waals surface area contributed by atoms with Gasteiger partial charge in [0.25, 0.3) is 0 Å². The Kier molecular flexibility index (Phi) is 9.94. The van der Waals surface area contributed by atoms with E-state index in [1.54, 1.807) is 6.26 Å². The molecule has 1 heterocycles. The van der Waals surface area contributed by atoms with Crippen molar-refractivity contribution in [3.05, 3.63) is 24.2 Å². The minimum atomic E-state index is 0.159. The molecule has 1 unspecified atom stereocenters. The molecule has 1 rings (SSSR count). The number of carbonyl (C=O) groups is 1. The molecule has 1 atom stereocenters. The first kappa shape index (κ1) is 18.0. The van der Waals surface area contributed by atoms with E-state index in [1.807, 2.05) is 12.1 Å². The van der Waals surface area contributed by atoms with Gasteiger partial charge >= 0.3 is 0 Å². The summed E-state index contributed by atoms with van der Waals surface area (Å²) in [4.78, 5) is 12.4. The summed E-state index contributed by atoms with van der Waals surface area (Å²) in [5, 5.41) is 0. The summed E-state index contributed by atoms with van der Waals surface area (Å²) in [6.07, 6.45) is 14.0. The topological polar surface area (TPSA) is 30.2 Å². The van der Waals surface area contributed by atoms with E-state index in [4.69, 9.17) is 4.42 Å². The lowest BCUT2D eigenvalue weighted by molar-refractivity contribution is -0.123. The van der Waals surface area contributed by atoms with Gasteiger partial charge in [-0.25, -0.2) is 0 Å². The van der Waals surface area contributed by atoms with Crippen molar-refractivity contribution in [3.63, 3.8) is 0 Å². The second-order valence-corrected chi connectivity index (χ2v) is 6.11. The van der Waals surface area contributed by atoms with E-state index in [9.17, 15) is 4.79 Å². The molecule has 2 nitrogen and oxygen atoms in total. The van der Waals surface area contributed by atoms with E-state index in [1.165, 1.54) is 32.1 Å². The first-order valence-electron chi connectivity index (χ1n) is 8.83. The molecule has 0 aliphatic rings. The number of carbonyl (C=O) groups excluding carboxylic acids is 1. The molecule has 0 radical (unpaired) electrons. The largest absolute Gasteiger partial charge is 0.469 e. The number of Topliss-reactive ketones (excluding diaryl/α,β-unsaturated/α-hetero) is 1. The fourth-order valence-corrected chi connectivity index (χ4v) is 2.78. The Balaban J connectivity index is 2.29. The van der Waals surface area contributed by atoms with Crippen LogP contribution in [0.15, 0.2) is 22.8 Å². The Morgan fingerprint density at radius 1 is 1.05 bits per heavy atom. The zero-order chi connectivity index (χ0) is 15.3. The van der Waals surface area contributed by atoms with Gasteiger partial charge in [0.15, 0.2) is 0 Å². The average Bonchev–Trinajstić information content (AvgIpc) is 2.99. The molecule has 0 N–H and O–H groups in total. The SMILES string of the molecule is CCCCCCCCC(=O)C(CCCC)Cc1ccco1. The predicted octanol–water partition coefficient (Wildman–Crippen LogP) is 5.95. The highest BCUT2D eigenvalue weighted by Crippen LogP contribution is 2.20. The summed E-state index contributed by atoms with van der Waals surface area (Å²) in [7, 11) is 0. The monoisotopic (exact) mass is 292 g/mol. The van der Waals surface area contributed by atoms with Crippen LogP contribution in [-0.4, -0.2) is 5.78 Å². The first-order valence-corrected chi connectivity index (χ1v) is 8.83. The molecule has 0 saturated carbocycles. The van der Waals surface area contributed by atoms with Crippen LogP contribution in [0.2, 0.25) is 0 Å². The third kappa shape index (κ3) is 8.08. The second kappa shape index (κ2) is 11.6. The fourth-order valence-electron chi connectivity index (χ4n) is 2.78. The van der Waals surface area contributed by atoms with Gasteiger partial charge in [0.1, 0.15) is 11.5 Å². The minimum Gasteiger partial charge on any atom is -0.469 e. The average molecular weight is 292 g/mol. The number of hydrogen-bond donors (Lipinski definition) is 0. The van der Waals surface area contributed by atoms with Crippen LogP contribution in [0, 0.1) is 5.92 Å². The molecule has 0 fully saturated rings. The summed E-state index contributed by atoms with van der Waals surface area (Å²) in [6, 6.07) is 3.89. The lowest BCUT2D eigenvalue weighted by atomic mass is 9.90. The molecule has 0 saturated heterocycles. The molecule has 21 heavy (non-hydrogen) atoms. The van der Waals surface area contributed by atoms with E-state index in [-0.39, 0.29) is 5.92 Å². The van der Waals surface area contributed by atoms with Gasteiger partial charge in [-0.3, -0.25) is 4.79 Å². The van der Waals surface area contributed by atoms with Gasteiger partial charge in [-0.15, -0.1) is 0 Å². The molecule has 0 aliphatic heterocycles. The maximum Gasteiger partial charge on any atom is 0.136 e. The highest BCUT2D eigenvalue weighted by molar-refractivity contribution is 5.81. The van der Waals surface area contributed by atoms with Crippen molar-refractivity contribution in [2.75, 3.05) is 0 Å². The van der Waals surface area contributed by atoms with Crippen molar-refractivity contribution in [1.82, 2.24) is 0 Å². The van der Waals surface area contributed by atoms with Crippen molar-refractivity contribution in [2.24, 2.45) is 5.92 Å². The molecular weight excluding hydrogens is 260 g/mol. The first-order chi connectivity index (χ1) is 10.3. The van der Waals surface area contributed by atoms with Crippen molar-refractivity contribution in [1.29, 1.82) is 0 Å². The number of furan rings is 1. The fraction of sp³-hybridized carbons (Fsp3) is 0.737. The van der Waals surface area contributed by atoms with Crippen LogP contribution in [0.5, 0.6) is 0 Å². The Hall–Kier alpha value is -1.05. The van der Waals surface area contributed by atoms with E-state index in [0.29, 0.717) is 5.78 Å². The zero-order valence-electron chi connectivity index (χ0n) is 13.9. The van der Waals surface area contributed by atoms with Crippen molar-refractivity contribution in [2.45, 2.75) is 84.5 Å². The summed E-state index contributed by atoms with van der Waals surface area (Å²) in [5.41, 5.74) is 0. The van der Waals surface area contributed by atoms with Crippen LogP contribution in [0.1, 0.15) is 83.8 Å². The Morgan fingerprint density at radius 3 is 2.43 bits per heavy atom. The number of ketones is 1. The Bertz CT molecular complexity index is 354. The van der Waals surface area contributed by atoms with Crippen LogP contribution >= 0.6 is 0 Å². The second-order valence-electron chi connectivity index (χ2n) is 6.11. The van der Waals surface area contributed by atoms with Gasteiger partial charge < -0.3 is 4.42 Å². The minimum absolute atomic E-state index is 0.159. The molecule has 1 aromatic heterocycles. The maximum absolute atomic E-state index is 12.4. The highest BCUT2D eigenvalue weighted by Gasteiger charge is 2.19. The smallest absolute Gasteiger partial charge is 0.136 e. The Morgan fingerprint density at radius 2 is 1.76 bits per heavy atom. The zero-order valence-corrected chi connectivity index (χ0v) is 13.9. The van der Waals surface area contributed by atoms with Gasteiger partial charge in [0, 0.05) is 18.8 Å². The van der Waals surface area contributed by atoms with Crippen molar-refractivity contribution >= 4 is 5.78 Å². The molecule has 0 aromatic carbocycles. The summed E-state index contributed by atoms with van der Waals surface area (Å²) >= 11 is 0. The number of hydrogen-bond acceptors (Lipinski definition) is 2. The lowest BCUT2D eigenvalue weighted by Crippen LogP contribution is -2.17. The highest BCUT2D eigenvalue weighted by atomic mass is 16.3. The molecular formula is C19H32O2. The summed E-state index contributed by atoms with van der Waals surface area (Å²) in [6.45, 7) is 4.42. The van der Waals surface area contributed by atoms with E-state index in [0.717, 1.165) is 44.3 Å². The van der Waals surface area contributed by atoms with Gasteiger partial charge in [-0.1, -0.05) is 58.8 Å². The van der Waals surface area contributed by atoms with E-state index in [2.05, 4.69) is 13.8 Å². The van der Waals surface area contributed by atoms with E-state index < -0.39 is 0 Å². The quantitative estimate of drug-likeness (QED) is 0.421. The van der Waals surface area contributed by atoms with Crippen LogP contribution in [0.25, 0.3) is 0 Å². The predicted molar refractivity (Wildman–Crippen MR) is 88.4 cm³/mol. The normalized spacial score (nSPS) is 12.5. The molecule has 0 spiro atoms. The van der Waals surface area contributed by atoms with E-state index >= 15 is 0 Å². The molecule has 1 aromatic rings. The number of rotatable bonds is 13. The van der Waals surface area contributed by atoms with Crippen molar-refractivity contribution < 1.29 is 9.21 Å². The van der Waals surface area contributed by atoms with Crippen LogP contribution < -0.4 is 0 Å². The molecule has 2 heteroatoms. The third-order valence-electron chi connectivity index (χ3n) is 4.17. The Labute approximate surface area is 130 Å². The summed E-state index contributed by atoms with van der Waals surface area (Å²) in [5.74, 6) is 1.55. The third-order valence-corrected chi connectivity index (χ3v) is 4.17. The van der Waals surface area contributed by atoms with Crippen LogP contribution in [-0.2, 0) is 11.2 Å². The molecule has 0 amide bonds. The number of unbranched alkanes of at least 4 members (excludes halogenated alkanes) is 6. The standard InChI is InChI=1S/C19H32O2/c1-3-5-7-8-9-10-14-19(20)17(12-6-4-2)16-18-13-11-15-21-18/h11,13,15,17H,3-10,12,14,16H2,1-2H3. The molecule has 0 aliphatic carbocycles. The van der Waals surface area contributed by atoms with Gasteiger partial charge in [0.05, 0.1) is 6.26 Å². The lowest BCUT2D eigenvalue weighted by Gasteiger charge is -2.14. The van der Waals surface area contributed by atoms with Crippen LogP contribution in [0.4, 0.5) is 0 Å². The molecule has 120 valence electrons. The van der Waals surface area contributed by atoms with Crippen LogP contribution in [0.3, 0.4) is 0 Å². The van der Waals surface area contributed by atoms with Crippen molar-refractivity contribution in [3.8, 4) is 0 Å². The maximum atomic E-state index is 12.4. The van der Waals surface area contributed by atoms with Gasteiger partial charge in [0.2, 0.25) is 0 Å².